The quantitative estimate of drug-likeness (QED) is 0.721. The largest absolute Gasteiger partial charge is 0.395 e. The highest BCUT2D eigenvalue weighted by Gasteiger charge is 2.14. The highest BCUT2D eigenvalue weighted by molar-refractivity contribution is 7.89. The van der Waals surface area contributed by atoms with Crippen LogP contribution in [0.15, 0.2) is 35.2 Å². The first-order valence-corrected chi connectivity index (χ1v) is 7.45. The number of nitrogens with zero attached hydrogens (tertiary/aromatic N) is 2. The third-order valence-corrected chi connectivity index (χ3v) is 4.09. The fourth-order valence-corrected chi connectivity index (χ4v) is 2.83. The van der Waals surface area contributed by atoms with E-state index in [9.17, 15) is 8.42 Å². The highest BCUT2D eigenvalue weighted by Crippen LogP contribution is 2.18. The molecule has 0 fully saturated rings. The molecule has 0 bridgehead atoms. The summed E-state index contributed by atoms with van der Waals surface area (Å²) in [5, 5.41) is 12.9. The average Bonchev–Trinajstić information content (AvgIpc) is 2.76. The molecule has 1 aromatic carbocycles. The average molecular weight is 296 g/mol. The molecule has 20 heavy (non-hydrogen) atoms. The molecule has 1 heterocycles. The summed E-state index contributed by atoms with van der Waals surface area (Å²) >= 11 is 0. The second-order valence-corrected chi connectivity index (χ2v) is 6.01. The number of aryl methyl sites for hydroxylation is 1. The molecule has 0 radical (unpaired) electrons. The molecule has 4 N–H and O–H groups in total. The Morgan fingerprint density at radius 2 is 2.15 bits per heavy atom. The van der Waals surface area contributed by atoms with Crippen LogP contribution >= 0.6 is 0 Å². The van der Waals surface area contributed by atoms with E-state index in [1.807, 2.05) is 0 Å². The summed E-state index contributed by atoms with van der Waals surface area (Å²) < 4.78 is 27.7. The summed E-state index contributed by atoms with van der Waals surface area (Å²) in [6, 6.07) is 7.97. The third-order valence-electron chi connectivity index (χ3n) is 2.64. The number of hydrogen-bond acceptors (Lipinski definition) is 5. The number of anilines is 1. The molecule has 0 atom stereocenters. The number of aliphatic hydroxyl groups is 1. The number of rotatable bonds is 5. The molecule has 0 spiro atoms. The Morgan fingerprint density at radius 1 is 1.40 bits per heavy atom. The number of sulfonamides is 1. The standard InChI is InChI=1S/C12H16N4O3S/c1-9-7-12(13)16(15-9)10-3-2-4-11(8-10)20(18,19)14-5-6-17/h2-4,7-8,14,17H,5-6,13H2,1H3. The Bertz CT molecular complexity index is 709. The zero-order valence-electron chi connectivity index (χ0n) is 10.9. The van der Waals surface area contributed by atoms with Crippen molar-refractivity contribution in [3.63, 3.8) is 0 Å². The van der Waals surface area contributed by atoms with Crippen LogP contribution in [0.3, 0.4) is 0 Å². The van der Waals surface area contributed by atoms with Gasteiger partial charge in [-0.15, -0.1) is 0 Å². The van der Waals surface area contributed by atoms with Gasteiger partial charge in [0, 0.05) is 12.6 Å². The van der Waals surface area contributed by atoms with E-state index in [-0.39, 0.29) is 18.0 Å². The van der Waals surface area contributed by atoms with Crippen LogP contribution in [-0.2, 0) is 10.0 Å². The molecule has 0 saturated carbocycles. The van der Waals surface area contributed by atoms with E-state index in [1.54, 1.807) is 25.1 Å². The SMILES string of the molecule is Cc1cc(N)n(-c2cccc(S(=O)(=O)NCCO)c2)n1. The maximum Gasteiger partial charge on any atom is 0.240 e. The minimum atomic E-state index is -3.65. The molecule has 8 heteroatoms. The molecule has 1 aromatic heterocycles. The number of hydrogen-bond donors (Lipinski definition) is 3. The summed E-state index contributed by atoms with van der Waals surface area (Å²) in [5.74, 6) is 0.431. The molecule has 2 aromatic rings. The summed E-state index contributed by atoms with van der Waals surface area (Å²) in [4.78, 5) is 0.0935. The second kappa shape index (κ2) is 5.61. The summed E-state index contributed by atoms with van der Waals surface area (Å²) in [6.07, 6.45) is 0. The van der Waals surface area contributed by atoms with Crippen molar-refractivity contribution < 1.29 is 13.5 Å². The van der Waals surface area contributed by atoms with Crippen molar-refractivity contribution in [3.8, 4) is 5.69 Å². The lowest BCUT2D eigenvalue weighted by atomic mass is 10.3. The summed E-state index contributed by atoms with van der Waals surface area (Å²) in [5.41, 5.74) is 7.12. The molecular formula is C12H16N4O3S. The first kappa shape index (κ1) is 14.5. The molecule has 0 amide bonds. The predicted molar refractivity (Wildman–Crippen MR) is 75.0 cm³/mol. The number of nitrogens with one attached hydrogen (secondary N) is 1. The number of nitrogen functional groups attached to an aromatic ring is 1. The topological polar surface area (TPSA) is 110 Å². The van der Waals surface area contributed by atoms with Gasteiger partial charge in [0.1, 0.15) is 5.82 Å². The second-order valence-electron chi connectivity index (χ2n) is 4.24. The van der Waals surface area contributed by atoms with E-state index in [4.69, 9.17) is 10.8 Å². The Kier molecular flexibility index (Phi) is 4.07. The van der Waals surface area contributed by atoms with Crippen LogP contribution < -0.4 is 10.5 Å². The van der Waals surface area contributed by atoms with Crippen molar-refractivity contribution in [2.24, 2.45) is 0 Å². The van der Waals surface area contributed by atoms with Crippen LogP contribution in [0.5, 0.6) is 0 Å². The maximum absolute atomic E-state index is 12.0. The van der Waals surface area contributed by atoms with Gasteiger partial charge in [0.15, 0.2) is 0 Å². The van der Waals surface area contributed by atoms with Gasteiger partial charge in [0.25, 0.3) is 0 Å². The number of aliphatic hydroxyl groups excluding tert-OH is 1. The van der Waals surface area contributed by atoms with Gasteiger partial charge in [-0.3, -0.25) is 0 Å². The van der Waals surface area contributed by atoms with Gasteiger partial charge >= 0.3 is 0 Å². The molecule has 0 aliphatic heterocycles. The van der Waals surface area contributed by atoms with Crippen LogP contribution in [-0.4, -0.2) is 36.5 Å². The van der Waals surface area contributed by atoms with Gasteiger partial charge in [-0.1, -0.05) is 6.07 Å². The summed E-state index contributed by atoms with van der Waals surface area (Å²) in [6.45, 7) is 1.51. The van der Waals surface area contributed by atoms with Crippen LogP contribution in [0.25, 0.3) is 5.69 Å². The molecule has 2 rings (SSSR count). The maximum atomic E-state index is 12.0. The Morgan fingerprint density at radius 3 is 2.75 bits per heavy atom. The van der Waals surface area contributed by atoms with E-state index < -0.39 is 10.0 Å². The first-order valence-electron chi connectivity index (χ1n) is 5.97. The molecule has 0 aliphatic carbocycles. The zero-order chi connectivity index (χ0) is 14.8. The van der Waals surface area contributed by atoms with Crippen molar-refractivity contribution in [3.05, 3.63) is 36.0 Å². The lowest BCUT2D eigenvalue weighted by molar-refractivity contribution is 0.301. The van der Waals surface area contributed by atoms with E-state index in [0.29, 0.717) is 11.5 Å². The predicted octanol–water partition coefficient (Wildman–Crippen LogP) is 0.0335. The lowest BCUT2D eigenvalue weighted by Gasteiger charge is -2.08. The van der Waals surface area contributed by atoms with Crippen molar-refractivity contribution in [2.75, 3.05) is 18.9 Å². The number of benzene rings is 1. The van der Waals surface area contributed by atoms with Gasteiger partial charge in [-0.25, -0.2) is 17.8 Å². The minimum Gasteiger partial charge on any atom is -0.395 e. The van der Waals surface area contributed by atoms with Crippen LogP contribution in [0, 0.1) is 6.92 Å². The molecule has 7 nitrogen and oxygen atoms in total. The Balaban J connectivity index is 2.40. The van der Waals surface area contributed by atoms with Gasteiger partial charge in [-0.2, -0.15) is 5.10 Å². The molecule has 0 unspecified atom stereocenters. The fraction of sp³-hybridized carbons (Fsp3) is 0.250. The Hall–Kier alpha value is -1.90. The van der Waals surface area contributed by atoms with Crippen molar-refractivity contribution >= 4 is 15.8 Å². The van der Waals surface area contributed by atoms with E-state index in [2.05, 4.69) is 9.82 Å². The molecular weight excluding hydrogens is 280 g/mol. The van der Waals surface area contributed by atoms with Gasteiger partial charge in [0.2, 0.25) is 10.0 Å². The van der Waals surface area contributed by atoms with Gasteiger partial charge in [-0.05, 0) is 25.1 Å². The van der Waals surface area contributed by atoms with Gasteiger partial charge in [0.05, 0.1) is 22.9 Å². The molecule has 0 saturated heterocycles. The van der Waals surface area contributed by atoms with Crippen molar-refractivity contribution in [1.29, 1.82) is 0 Å². The van der Waals surface area contributed by atoms with E-state index in [0.717, 1.165) is 5.69 Å². The highest BCUT2D eigenvalue weighted by atomic mass is 32.2. The van der Waals surface area contributed by atoms with Gasteiger partial charge < -0.3 is 10.8 Å². The van der Waals surface area contributed by atoms with Crippen LogP contribution in [0.2, 0.25) is 0 Å². The molecule has 0 aliphatic rings. The number of nitrogens with two attached hydrogens (primary N) is 1. The smallest absolute Gasteiger partial charge is 0.240 e. The fourth-order valence-electron chi connectivity index (χ4n) is 1.77. The van der Waals surface area contributed by atoms with Crippen LogP contribution in [0.4, 0.5) is 5.82 Å². The van der Waals surface area contributed by atoms with Crippen molar-refractivity contribution in [1.82, 2.24) is 14.5 Å². The normalized spacial score (nSPS) is 11.7. The minimum absolute atomic E-state index is 0.0322. The zero-order valence-corrected chi connectivity index (χ0v) is 11.8. The third kappa shape index (κ3) is 2.98. The first-order chi connectivity index (χ1) is 9.44. The van der Waals surface area contributed by atoms with E-state index in [1.165, 1.54) is 16.8 Å². The summed E-state index contributed by atoms with van der Waals surface area (Å²) in [7, 11) is -3.65. The van der Waals surface area contributed by atoms with Crippen molar-refractivity contribution in [2.45, 2.75) is 11.8 Å². The lowest BCUT2D eigenvalue weighted by Crippen LogP contribution is -2.26. The Labute approximate surface area is 117 Å². The monoisotopic (exact) mass is 296 g/mol. The van der Waals surface area contributed by atoms with Crippen LogP contribution in [0.1, 0.15) is 5.69 Å². The van der Waals surface area contributed by atoms with E-state index >= 15 is 0 Å². The number of aromatic nitrogens is 2. The molecule has 108 valence electrons.